The fraction of sp³-hybridized carbons (Fsp3) is 0.478. The SMILES string of the molecule is CC(C)Oc1ccc(-c2nnc(N=CC3CN(C(=O)OC(C)(C)C)CCC3=N)s2)cc1C#N. The average Bonchev–Trinajstić information content (AvgIpc) is 3.21. The summed E-state index contributed by atoms with van der Waals surface area (Å²) in [6.07, 6.45) is 1.70. The van der Waals surface area contributed by atoms with E-state index < -0.39 is 5.60 Å². The summed E-state index contributed by atoms with van der Waals surface area (Å²) in [4.78, 5) is 18.4. The lowest BCUT2D eigenvalue weighted by Crippen LogP contribution is -2.46. The third-order valence-corrected chi connectivity index (χ3v) is 5.54. The van der Waals surface area contributed by atoms with E-state index in [4.69, 9.17) is 14.9 Å². The number of nitriles is 1. The Hall–Kier alpha value is -3.32. The Morgan fingerprint density at radius 2 is 2.15 bits per heavy atom. The van der Waals surface area contributed by atoms with E-state index in [-0.39, 0.29) is 18.1 Å². The van der Waals surface area contributed by atoms with E-state index in [1.807, 2.05) is 40.7 Å². The second kappa shape index (κ2) is 10.1. The van der Waals surface area contributed by atoms with E-state index in [1.54, 1.807) is 23.2 Å². The highest BCUT2D eigenvalue weighted by molar-refractivity contribution is 7.18. The lowest BCUT2D eigenvalue weighted by atomic mass is 9.97. The third-order valence-electron chi connectivity index (χ3n) is 4.66. The molecule has 1 saturated heterocycles. The van der Waals surface area contributed by atoms with Crippen molar-refractivity contribution in [1.82, 2.24) is 15.1 Å². The van der Waals surface area contributed by atoms with Gasteiger partial charge in [-0.1, -0.05) is 11.3 Å². The molecular weight excluding hydrogens is 440 g/mol. The maximum Gasteiger partial charge on any atom is 0.410 e. The number of carbonyl (C=O) groups excluding carboxylic acids is 1. The number of likely N-dealkylation sites (tertiary alicyclic amines) is 1. The fourth-order valence-electron chi connectivity index (χ4n) is 3.15. The molecule has 0 saturated carbocycles. The number of nitrogens with one attached hydrogen (secondary N) is 1. The largest absolute Gasteiger partial charge is 0.490 e. The molecule has 3 rings (SSSR count). The molecule has 10 heteroatoms. The van der Waals surface area contributed by atoms with Gasteiger partial charge in [-0.2, -0.15) is 5.26 Å². The van der Waals surface area contributed by atoms with Crippen molar-refractivity contribution in [3.8, 4) is 22.4 Å². The van der Waals surface area contributed by atoms with Gasteiger partial charge in [0, 0.05) is 42.9 Å². The molecule has 0 radical (unpaired) electrons. The third kappa shape index (κ3) is 6.58. The van der Waals surface area contributed by atoms with Crippen molar-refractivity contribution in [2.45, 2.75) is 52.7 Å². The first kappa shape index (κ1) is 24.3. The van der Waals surface area contributed by atoms with Gasteiger partial charge in [0.05, 0.1) is 11.7 Å². The number of hydrogen-bond acceptors (Lipinski definition) is 9. The number of amides is 1. The van der Waals surface area contributed by atoms with E-state index in [9.17, 15) is 10.1 Å². The van der Waals surface area contributed by atoms with Crippen molar-refractivity contribution in [3.05, 3.63) is 23.8 Å². The van der Waals surface area contributed by atoms with Crippen LogP contribution in [0.5, 0.6) is 5.75 Å². The second-order valence-corrected chi connectivity index (χ2v) is 9.92. The number of piperidine rings is 1. The van der Waals surface area contributed by atoms with Crippen LogP contribution in [0.2, 0.25) is 0 Å². The number of hydrogen-bond donors (Lipinski definition) is 1. The molecule has 1 fully saturated rings. The van der Waals surface area contributed by atoms with Gasteiger partial charge in [-0.3, -0.25) is 0 Å². The van der Waals surface area contributed by atoms with E-state index >= 15 is 0 Å². The molecule has 1 aliphatic heterocycles. The summed E-state index contributed by atoms with van der Waals surface area (Å²) >= 11 is 1.28. The number of benzene rings is 1. The maximum absolute atomic E-state index is 12.4. The summed E-state index contributed by atoms with van der Waals surface area (Å²) in [7, 11) is 0. The predicted octanol–water partition coefficient (Wildman–Crippen LogP) is 4.84. The Balaban J connectivity index is 1.71. The van der Waals surface area contributed by atoms with Crippen LogP contribution in [0, 0.1) is 22.7 Å². The summed E-state index contributed by atoms with van der Waals surface area (Å²) in [5.41, 5.74) is 1.13. The Bertz CT molecular complexity index is 1100. The molecule has 0 aliphatic carbocycles. The van der Waals surface area contributed by atoms with Gasteiger partial charge in [0.1, 0.15) is 22.4 Å². The molecule has 1 N–H and O–H groups in total. The van der Waals surface area contributed by atoms with Crippen LogP contribution in [0.3, 0.4) is 0 Å². The normalized spacial score (nSPS) is 16.8. The Kier molecular flexibility index (Phi) is 7.43. The van der Waals surface area contributed by atoms with Crippen LogP contribution >= 0.6 is 11.3 Å². The topological polar surface area (TPSA) is 125 Å². The van der Waals surface area contributed by atoms with Crippen molar-refractivity contribution < 1.29 is 14.3 Å². The van der Waals surface area contributed by atoms with Gasteiger partial charge >= 0.3 is 6.09 Å². The Morgan fingerprint density at radius 1 is 1.39 bits per heavy atom. The first-order chi connectivity index (χ1) is 15.6. The van der Waals surface area contributed by atoms with Crippen molar-refractivity contribution >= 4 is 34.5 Å². The van der Waals surface area contributed by atoms with E-state index in [2.05, 4.69) is 21.3 Å². The zero-order chi connectivity index (χ0) is 24.2. The Morgan fingerprint density at radius 3 is 2.82 bits per heavy atom. The van der Waals surface area contributed by atoms with Crippen molar-refractivity contribution in [1.29, 1.82) is 10.7 Å². The number of rotatable bonds is 5. The van der Waals surface area contributed by atoms with Crippen LogP contribution in [0.1, 0.15) is 46.6 Å². The molecule has 1 aliphatic rings. The van der Waals surface area contributed by atoms with Crippen LogP contribution in [0.15, 0.2) is 23.2 Å². The summed E-state index contributed by atoms with van der Waals surface area (Å²) < 4.78 is 11.1. The molecule has 174 valence electrons. The molecular formula is C23H28N6O3S. The van der Waals surface area contributed by atoms with Gasteiger partial charge < -0.3 is 19.8 Å². The maximum atomic E-state index is 12.4. The minimum absolute atomic E-state index is 0.0322. The van der Waals surface area contributed by atoms with Crippen LogP contribution < -0.4 is 4.74 Å². The lowest BCUT2D eigenvalue weighted by molar-refractivity contribution is 0.0238. The van der Waals surface area contributed by atoms with E-state index in [0.717, 1.165) is 5.56 Å². The Labute approximate surface area is 197 Å². The summed E-state index contributed by atoms with van der Waals surface area (Å²) in [5.74, 6) is 0.223. The molecule has 1 atom stereocenters. The zero-order valence-electron chi connectivity index (χ0n) is 19.5. The molecule has 1 aromatic heterocycles. The van der Waals surface area contributed by atoms with Gasteiger partial charge in [0.15, 0.2) is 0 Å². The smallest absolute Gasteiger partial charge is 0.410 e. The number of aromatic nitrogens is 2. The van der Waals surface area contributed by atoms with Gasteiger partial charge in [0.25, 0.3) is 0 Å². The van der Waals surface area contributed by atoms with Crippen molar-refractivity contribution in [2.75, 3.05) is 13.1 Å². The van der Waals surface area contributed by atoms with Crippen LogP contribution in [-0.2, 0) is 4.74 Å². The zero-order valence-corrected chi connectivity index (χ0v) is 20.3. The number of carbonyl (C=O) groups is 1. The van der Waals surface area contributed by atoms with E-state index in [1.165, 1.54) is 11.3 Å². The second-order valence-electron chi connectivity index (χ2n) is 8.97. The number of aliphatic imine (C=N–C) groups is 1. The lowest BCUT2D eigenvalue weighted by Gasteiger charge is -2.33. The number of ether oxygens (including phenoxy) is 2. The van der Waals surface area contributed by atoms with E-state index in [0.29, 0.717) is 46.7 Å². The molecule has 2 aromatic rings. The minimum atomic E-state index is -0.570. The predicted molar refractivity (Wildman–Crippen MR) is 128 cm³/mol. The highest BCUT2D eigenvalue weighted by Crippen LogP contribution is 2.31. The molecule has 1 amide bonds. The number of nitrogens with zero attached hydrogens (tertiary/aromatic N) is 5. The molecule has 2 heterocycles. The van der Waals surface area contributed by atoms with Crippen molar-refractivity contribution in [3.63, 3.8) is 0 Å². The summed E-state index contributed by atoms with van der Waals surface area (Å²) in [6, 6.07) is 7.47. The fourth-order valence-corrected chi connectivity index (χ4v) is 3.85. The summed E-state index contributed by atoms with van der Waals surface area (Å²) in [5, 5.41) is 27.0. The molecule has 9 nitrogen and oxygen atoms in total. The summed E-state index contributed by atoms with van der Waals surface area (Å²) in [6.45, 7) is 10.1. The van der Waals surface area contributed by atoms with Crippen LogP contribution in [0.25, 0.3) is 10.6 Å². The van der Waals surface area contributed by atoms with Gasteiger partial charge in [-0.05, 0) is 52.8 Å². The van der Waals surface area contributed by atoms with Crippen molar-refractivity contribution in [2.24, 2.45) is 10.9 Å². The highest BCUT2D eigenvalue weighted by Gasteiger charge is 2.29. The quantitative estimate of drug-likeness (QED) is 0.626. The first-order valence-electron chi connectivity index (χ1n) is 10.7. The molecule has 0 spiro atoms. The minimum Gasteiger partial charge on any atom is -0.490 e. The first-order valence-corrected chi connectivity index (χ1v) is 11.5. The molecule has 33 heavy (non-hydrogen) atoms. The average molecular weight is 469 g/mol. The van der Waals surface area contributed by atoms with Gasteiger partial charge in [-0.25, -0.2) is 9.79 Å². The standard InChI is InChI=1S/C23H28N6O3S/c1-14(2)31-19-7-6-15(10-16(19)11-24)20-27-28-21(33-20)26-12-17-13-29(9-8-18(17)25)22(30)32-23(3,4)5/h6-7,10,12,14,17,25H,8-9,13H2,1-5H3. The molecule has 0 bridgehead atoms. The van der Waals surface area contributed by atoms with Crippen LogP contribution in [-0.4, -0.2) is 57.9 Å². The molecule has 1 aromatic carbocycles. The monoisotopic (exact) mass is 468 g/mol. The molecule has 1 unspecified atom stereocenters. The highest BCUT2D eigenvalue weighted by atomic mass is 32.1. The van der Waals surface area contributed by atoms with Crippen LogP contribution in [0.4, 0.5) is 9.93 Å². The van der Waals surface area contributed by atoms with Gasteiger partial charge in [-0.15, -0.1) is 10.2 Å². The van der Waals surface area contributed by atoms with Gasteiger partial charge in [0.2, 0.25) is 5.13 Å².